The van der Waals surface area contributed by atoms with E-state index in [2.05, 4.69) is 15.9 Å². The van der Waals surface area contributed by atoms with Gasteiger partial charge in [-0.1, -0.05) is 12.8 Å². The van der Waals surface area contributed by atoms with Crippen molar-refractivity contribution < 1.29 is 14.3 Å². The molecule has 0 atom stereocenters. The molecule has 2 rings (SSSR count). The summed E-state index contributed by atoms with van der Waals surface area (Å²) in [6, 6.07) is 0. The number of ether oxygens (including phenoxy) is 2. The molecule has 1 aliphatic carbocycles. The lowest BCUT2D eigenvalue weighted by Gasteiger charge is -2.11. The highest BCUT2D eigenvalue weighted by atomic mass is 79.9. The molecule has 0 radical (unpaired) electrons. The predicted octanol–water partition coefficient (Wildman–Crippen LogP) is 3.87. The third kappa shape index (κ3) is 3.01. The lowest BCUT2D eigenvalue weighted by molar-refractivity contribution is 0.0601. The highest BCUT2D eigenvalue weighted by molar-refractivity contribution is 9.10. The molecular formula is C12H15BrO3S. The number of hydrogen-bond donors (Lipinski definition) is 0. The molecule has 0 bridgehead atoms. The van der Waals surface area contributed by atoms with Crippen molar-refractivity contribution in [2.45, 2.75) is 25.7 Å². The predicted molar refractivity (Wildman–Crippen MR) is 70.8 cm³/mol. The minimum absolute atomic E-state index is 0.331. The van der Waals surface area contributed by atoms with E-state index in [4.69, 9.17) is 9.47 Å². The van der Waals surface area contributed by atoms with Crippen LogP contribution in [0.5, 0.6) is 5.75 Å². The zero-order chi connectivity index (χ0) is 12.3. The highest BCUT2D eigenvalue weighted by Gasteiger charge is 2.21. The van der Waals surface area contributed by atoms with Crippen molar-refractivity contribution in [3.05, 3.63) is 14.7 Å². The van der Waals surface area contributed by atoms with Gasteiger partial charge in [0.05, 0.1) is 18.2 Å². The van der Waals surface area contributed by atoms with Crippen molar-refractivity contribution >= 4 is 33.2 Å². The minimum Gasteiger partial charge on any atom is -0.490 e. The summed E-state index contributed by atoms with van der Waals surface area (Å²) in [7, 11) is 1.39. The Balaban J connectivity index is 2.03. The van der Waals surface area contributed by atoms with Crippen LogP contribution in [-0.4, -0.2) is 19.7 Å². The van der Waals surface area contributed by atoms with Gasteiger partial charge in [-0.05, 0) is 34.7 Å². The lowest BCUT2D eigenvalue weighted by atomic mass is 10.1. The third-order valence-corrected chi connectivity index (χ3v) is 4.85. The first kappa shape index (κ1) is 12.9. The second kappa shape index (κ2) is 5.87. The third-order valence-electron chi connectivity index (χ3n) is 3.01. The molecule has 0 aliphatic heterocycles. The van der Waals surface area contributed by atoms with Gasteiger partial charge in [0, 0.05) is 5.38 Å². The number of methoxy groups -OCH3 is 1. The topological polar surface area (TPSA) is 35.5 Å². The summed E-state index contributed by atoms with van der Waals surface area (Å²) in [5.41, 5.74) is 0. The maximum atomic E-state index is 11.5. The van der Waals surface area contributed by atoms with Crippen LogP contribution in [0.1, 0.15) is 35.4 Å². The van der Waals surface area contributed by atoms with E-state index in [9.17, 15) is 4.79 Å². The van der Waals surface area contributed by atoms with Crippen LogP contribution in [0, 0.1) is 5.92 Å². The molecule has 1 heterocycles. The molecular weight excluding hydrogens is 304 g/mol. The smallest absolute Gasteiger partial charge is 0.351 e. The molecule has 0 amide bonds. The van der Waals surface area contributed by atoms with Crippen molar-refractivity contribution in [2.75, 3.05) is 13.7 Å². The summed E-state index contributed by atoms with van der Waals surface area (Å²) in [4.78, 5) is 12.1. The monoisotopic (exact) mass is 318 g/mol. The first-order valence-electron chi connectivity index (χ1n) is 5.70. The number of thiophene rings is 1. The van der Waals surface area contributed by atoms with E-state index in [-0.39, 0.29) is 5.97 Å². The summed E-state index contributed by atoms with van der Waals surface area (Å²) < 4.78 is 11.3. The van der Waals surface area contributed by atoms with Crippen LogP contribution >= 0.6 is 27.3 Å². The van der Waals surface area contributed by atoms with E-state index in [1.807, 2.05) is 5.38 Å². The molecule has 1 saturated carbocycles. The summed E-state index contributed by atoms with van der Waals surface area (Å²) >= 11 is 4.75. The Labute approximate surface area is 113 Å². The normalized spacial score (nSPS) is 16.1. The van der Waals surface area contributed by atoms with E-state index >= 15 is 0 Å². The molecule has 3 nitrogen and oxygen atoms in total. The zero-order valence-corrected chi connectivity index (χ0v) is 12.1. The molecule has 0 unspecified atom stereocenters. The second-order valence-electron chi connectivity index (χ2n) is 4.19. The molecule has 0 aromatic carbocycles. The fraction of sp³-hybridized carbons (Fsp3) is 0.583. The number of halogens is 1. The average molecular weight is 319 g/mol. The maximum absolute atomic E-state index is 11.5. The quantitative estimate of drug-likeness (QED) is 0.791. The van der Waals surface area contributed by atoms with Gasteiger partial charge < -0.3 is 9.47 Å². The minimum atomic E-state index is -0.331. The van der Waals surface area contributed by atoms with Crippen molar-refractivity contribution in [2.24, 2.45) is 5.92 Å². The van der Waals surface area contributed by atoms with Gasteiger partial charge in [0.15, 0.2) is 10.6 Å². The maximum Gasteiger partial charge on any atom is 0.351 e. The molecule has 0 saturated heterocycles. The van der Waals surface area contributed by atoms with Gasteiger partial charge in [0.1, 0.15) is 0 Å². The first-order chi connectivity index (χ1) is 8.22. The summed E-state index contributed by atoms with van der Waals surface area (Å²) in [6.45, 7) is 0.694. The summed E-state index contributed by atoms with van der Waals surface area (Å²) in [5.74, 6) is 0.933. The Morgan fingerprint density at radius 3 is 2.88 bits per heavy atom. The van der Waals surface area contributed by atoms with Crippen LogP contribution in [0.2, 0.25) is 0 Å². The summed E-state index contributed by atoms with van der Waals surface area (Å²) in [6.07, 6.45) is 5.05. The molecule has 94 valence electrons. The molecule has 1 fully saturated rings. The Kier molecular flexibility index (Phi) is 4.45. The van der Waals surface area contributed by atoms with E-state index in [1.54, 1.807) is 0 Å². The van der Waals surface area contributed by atoms with Gasteiger partial charge >= 0.3 is 5.97 Å². The number of carbonyl (C=O) groups excluding carboxylic acids is 1. The largest absolute Gasteiger partial charge is 0.490 e. The van der Waals surface area contributed by atoms with Crippen LogP contribution in [0.15, 0.2) is 9.85 Å². The van der Waals surface area contributed by atoms with E-state index < -0.39 is 0 Å². The molecule has 1 aromatic heterocycles. The molecule has 5 heteroatoms. The number of hydrogen-bond acceptors (Lipinski definition) is 4. The van der Waals surface area contributed by atoms with Crippen LogP contribution in [0.25, 0.3) is 0 Å². The van der Waals surface area contributed by atoms with Gasteiger partial charge in [-0.3, -0.25) is 0 Å². The van der Waals surface area contributed by atoms with Crippen molar-refractivity contribution in [3.63, 3.8) is 0 Å². The van der Waals surface area contributed by atoms with Crippen molar-refractivity contribution in [3.8, 4) is 5.75 Å². The Morgan fingerprint density at radius 1 is 1.53 bits per heavy atom. The number of carbonyl (C=O) groups is 1. The van der Waals surface area contributed by atoms with Crippen molar-refractivity contribution in [1.82, 2.24) is 0 Å². The number of rotatable bonds is 4. The highest BCUT2D eigenvalue weighted by Crippen LogP contribution is 2.36. The van der Waals surface area contributed by atoms with Gasteiger partial charge in [0.2, 0.25) is 0 Å². The van der Waals surface area contributed by atoms with Gasteiger partial charge in [-0.15, -0.1) is 11.3 Å². The first-order valence-corrected chi connectivity index (χ1v) is 7.37. The fourth-order valence-electron chi connectivity index (χ4n) is 2.07. The van der Waals surface area contributed by atoms with Crippen LogP contribution in [-0.2, 0) is 4.74 Å². The molecule has 17 heavy (non-hydrogen) atoms. The lowest BCUT2D eigenvalue weighted by Crippen LogP contribution is -2.10. The van der Waals surface area contributed by atoms with E-state index in [1.165, 1.54) is 44.1 Å². The van der Waals surface area contributed by atoms with Crippen LogP contribution in [0.4, 0.5) is 0 Å². The van der Waals surface area contributed by atoms with E-state index in [0.717, 1.165) is 4.47 Å². The summed E-state index contributed by atoms with van der Waals surface area (Å²) in [5, 5.41) is 1.86. The Hall–Kier alpha value is -0.550. The molecule has 1 aromatic rings. The average Bonchev–Trinajstić information content (AvgIpc) is 2.95. The zero-order valence-electron chi connectivity index (χ0n) is 9.70. The Morgan fingerprint density at radius 2 is 2.24 bits per heavy atom. The molecule has 0 N–H and O–H groups in total. The fourth-order valence-corrected chi connectivity index (χ4v) is 3.58. The second-order valence-corrected chi connectivity index (χ2v) is 5.93. The SMILES string of the molecule is COC(=O)c1scc(Br)c1OCC1CCCC1. The Bertz CT molecular complexity index is 396. The van der Waals surface area contributed by atoms with E-state index in [0.29, 0.717) is 23.2 Å². The number of esters is 1. The molecule has 1 aliphatic rings. The van der Waals surface area contributed by atoms with Gasteiger partial charge in [-0.25, -0.2) is 4.79 Å². The van der Waals surface area contributed by atoms with Gasteiger partial charge in [0.25, 0.3) is 0 Å². The molecule has 0 spiro atoms. The van der Waals surface area contributed by atoms with Gasteiger partial charge in [-0.2, -0.15) is 0 Å². The van der Waals surface area contributed by atoms with Crippen LogP contribution < -0.4 is 4.74 Å². The van der Waals surface area contributed by atoms with Crippen LogP contribution in [0.3, 0.4) is 0 Å². The van der Waals surface area contributed by atoms with Crippen molar-refractivity contribution in [1.29, 1.82) is 0 Å². The standard InChI is InChI=1S/C12H15BrO3S/c1-15-12(14)11-10(9(13)7-17-11)16-6-8-4-2-3-5-8/h7-8H,2-6H2,1H3.